The van der Waals surface area contributed by atoms with Crippen LogP contribution in [0.3, 0.4) is 0 Å². The molecule has 1 atom stereocenters. The number of nitrogens with zero attached hydrogens (tertiary/aromatic N) is 2. The maximum atomic E-state index is 12.4. The standard InChI is InChI=1S/C17H23F3N2O3S/c1-13-3-2-7-22(13)10-9-21-8-6-14-11-16(5-4-15(14)12-21)25-26(23,24)17(18,19)20/h4-5,11,13H,2-3,6-10,12H2,1H3. The molecule has 3 rings (SSSR count). The Kier molecular flexibility index (Phi) is 5.50. The van der Waals surface area contributed by atoms with Crippen LogP contribution in [-0.2, 0) is 23.1 Å². The van der Waals surface area contributed by atoms with Gasteiger partial charge < -0.3 is 4.18 Å². The Morgan fingerprint density at radius 3 is 2.62 bits per heavy atom. The summed E-state index contributed by atoms with van der Waals surface area (Å²) in [7, 11) is -5.63. The van der Waals surface area contributed by atoms with Gasteiger partial charge in [0, 0.05) is 32.2 Å². The van der Waals surface area contributed by atoms with Crippen molar-refractivity contribution in [3.8, 4) is 5.75 Å². The molecule has 0 amide bonds. The van der Waals surface area contributed by atoms with Crippen LogP contribution in [0, 0.1) is 0 Å². The molecule has 2 aliphatic heterocycles. The average molecular weight is 392 g/mol. The summed E-state index contributed by atoms with van der Waals surface area (Å²) in [5, 5.41) is 0. The molecule has 9 heteroatoms. The van der Waals surface area contributed by atoms with Crippen molar-refractivity contribution < 1.29 is 25.8 Å². The molecule has 2 aliphatic rings. The maximum absolute atomic E-state index is 12.4. The van der Waals surface area contributed by atoms with Crippen molar-refractivity contribution in [1.82, 2.24) is 9.80 Å². The van der Waals surface area contributed by atoms with Gasteiger partial charge in [-0.25, -0.2) is 0 Å². The molecule has 0 aromatic heterocycles. The second-order valence-corrected chi connectivity index (χ2v) is 8.50. The Morgan fingerprint density at radius 2 is 1.96 bits per heavy atom. The fourth-order valence-electron chi connectivity index (χ4n) is 3.60. The lowest BCUT2D eigenvalue weighted by atomic mass is 9.99. The minimum absolute atomic E-state index is 0.291. The van der Waals surface area contributed by atoms with E-state index < -0.39 is 15.6 Å². The first-order valence-corrected chi connectivity index (χ1v) is 10.2. The first kappa shape index (κ1) is 19.4. The maximum Gasteiger partial charge on any atom is 0.534 e. The van der Waals surface area contributed by atoms with E-state index in [2.05, 4.69) is 20.9 Å². The average Bonchev–Trinajstić information content (AvgIpc) is 2.96. The van der Waals surface area contributed by atoms with E-state index in [1.54, 1.807) is 6.07 Å². The summed E-state index contributed by atoms with van der Waals surface area (Å²) in [6.45, 7) is 6.86. The van der Waals surface area contributed by atoms with Crippen LogP contribution in [0.15, 0.2) is 18.2 Å². The smallest absolute Gasteiger partial charge is 0.376 e. The van der Waals surface area contributed by atoms with E-state index in [-0.39, 0.29) is 5.75 Å². The third-order valence-corrected chi connectivity index (χ3v) is 6.13. The second-order valence-electron chi connectivity index (χ2n) is 6.97. The molecule has 1 unspecified atom stereocenters. The highest BCUT2D eigenvalue weighted by Crippen LogP contribution is 2.29. The van der Waals surface area contributed by atoms with Crippen LogP contribution in [0.4, 0.5) is 13.2 Å². The highest BCUT2D eigenvalue weighted by Gasteiger charge is 2.48. The Hall–Kier alpha value is -1.32. The van der Waals surface area contributed by atoms with Crippen molar-refractivity contribution in [1.29, 1.82) is 0 Å². The number of fused-ring (bicyclic) bond motifs is 1. The van der Waals surface area contributed by atoms with Gasteiger partial charge in [0.05, 0.1) is 0 Å². The number of rotatable bonds is 5. The van der Waals surface area contributed by atoms with E-state index in [4.69, 9.17) is 0 Å². The lowest BCUT2D eigenvalue weighted by Gasteiger charge is -2.31. The largest absolute Gasteiger partial charge is 0.534 e. The van der Waals surface area contributed by atoms with Gasteiger partial charge in [0.2, 0.25) is 0 Å². The zero-order valence-corrected chi connectivity index (χ0v) is 15.4. The summed E-state index contributed by atoms with van der Waals surface area (Å²) in [6.07, 6.45) is 3.15. The third-order valence-electron chi connectivity index (χ3n) is 5.15. The number of halogens is 3. The summed E-state index contributed by atoms with van der Waals surface area (Å²) >= 11 is 0. The molecular weight excluding hydrogens is 369 g/mol. The van der Waals surface area contributed by atoms with E-state index in [1.165, 1.54) is 25.0 Å². The van der Waals surface area contributed by atoms with Gasteiger partial charge in [-0.2, -0.15) is 21.6 Å². The van der Waals surface area contributed by atoms with E-state index in [0.717, 1.165) is 37.3 Å². The molecular formula is C17H23F3N2O3S. The van der Waals surface area contributed by atoms with Crippen molar-refractivity contribution in [3.63, 3.8) is 0 Å². The number of benzene rings is 1. The molecule has 0 N–H and O–H groups in total. The van der Waals surface area contributed by atoms with Crippen molar-refractivity contribution >= 4 is 10.1 Å². The lowest BCUT2D eigenvalue weighted by molar-refractivity contribution is -0.0500. The van der Waals surface area contributed by atoms with E-state index in [0.29, 0.717) is 19.0 Å². The van der Waals surface area contributed by atoms with Gasteiger partial charge in [0.15, 0.2) is 0 Å². The lowest BCUT2D eigenvalue weighted by Crippen LogP contribution is -2.39. The highest BCUT2D eigenvalue weighted by molar-refractivity contribution is 7.88. The fraction of sp³-hybridized carbons (Fsp3) is 0.647. The van der Waals surface area contributed by atoms with Crippen molar-refractivity contribution in [2.24, 2.45) is 0 Å². The summed E-state index contributed by atoms with van der Waals surface area (Å²) in [4.78, 5) is 4.80. The normalized spacial score (nSPS) is 22.4. The molecule has 0 aliphatic carbocycles. The van der Waals surface area contributed by atoms with E-state index in [9.17, 15) is 21.6 Å². The first-order chi connectivity index (χ1) is 12.2. The fourth-order valence-corrected chi connectivity index (χ4v) is 4.05. The summed E-state index contributed by atoms with van der Waals surface area (Å²) in [5.74, 6) is -0.291. The Balaban J connectivity index is 1.60. The van der Waals surface area contributed by atoms with Crippen LogP contribution in [0.1, 0.15) is 30.9 Å². The van der Waals surface area contributed by atoms with Crippen molar-refractivity contribution in [2.75, 3.05) is 26.2 Å². The molecule has 26 heavy (non-hydrogen) atoms. The third kappa shape index (κ3) is 4.32. The van der Waals surface area contributed by atoms with Gasteiger partial charge in [0.1, 0.15) is 5.75 Å². The predicted octanol–water partition coefficient (Wildman–Crippen LogP) is 2.76. The van der Waals surface area contributed by atoms with Crippen molar-refractivity contribution in [3.05, 3.63) is 29.3 Å². The molecule has 1 saturated heterocycles. The molecule has 0 radical (unpaired) electrons. The number of likely N-dealkylation sites (tertiary alicyclic amines) is 1. The van der Waals surface area contributed by atoms with Crippen LogP contribution < -0.4 is 4.18 Å². The van der Waals surface area contributed by atoms with E-state index >= 15 is 0 Å². The summed E-state index contributed by atoms with van der Waals surface area (Å²) in [6, 6.07) is 4.97. The summed E-state index contributed by atoms with van der Waals surface area (Å²) < 4.78 is 63.7. The van der Waals surface area contributed by atoms with Crippen LogP contribution in [0.25, 0.3) is 0 Å². The van der Waals surface area contributed by atoms with Crippen LogP contribution in [0.2, 0.25) is 0 Å². The molecule has 0 saturated carbocycles. The molecule has 0 bridgehead atoms. The van der Waals surface area contributed by atoms with Gasteiger partial charge >= 0.3 is 15.6 Å². The SMILES string of the molecule is CC1CCCN1CCN1CCc2cc(OS(=O)(=O)C(F)(F)F)ccc2C1. The number of hydrogen-bond donors (Lipinski definition) is 0. The minimum atomic E-state index is -5.63. The van der Waals surface area contributed by atoms with Gasteiger partial charge in [-0.3, -0.25) is 9.80 Å². The minimum Gasteiger partial charge on any atom is -0.376 e. The Labute approximate surface area is 151 Å². The monoisotopic (exact) mass is 392 g/mol. The Bertz CT molecular complexity index is 752. The topological polar surface area (TPSA) is 49.9 Å². The van der Waals surface area contributed by atoms with E-state index in [1.807, 2.05) is 0 Å². The molecule has 146 valence electrons. The van der Waals surface area contributed by atoms with Gasteiger partial charge in [-0.05, 0) is 56.0 Å². The van der Waals surface area contributed by atoms with Gasteiger partial charge in [0.25, 0.3) is 0 Å². The Morgan fingerprint density at radius 1 is 1.19 bits per heavy atom. The van der Waals surface area contributed by atoms with Gasteiger partial charge in [-0.1, -0.05) is 6.07 Å². The summed E-state index contributed by atoms with van der Waals surface area (Å²) in [5.41, 5.74) is -3.58. The molecule has 1 aromatic rings. The molecule has 0 spiro atoms. The molecule has 5 nitrogen and oxygen atoms in total. The zero-order valence-electron chi connectivity index (χ0n) is 14.6. The van der Waals surface area contributed by atoms with Crippen molar-refractivity contribution in [2.45, 2.75) is 44.3 Å². The number of hydrogen-bond acceptors (Lipinski definition) is 5. The first-order valence-electron chi connectivity index (χ1n) is 8.75. The zero-order chi connectivity index (χ0) is 18.9. The number of alkyl halides is 3. The molecule has 1 fully saturated rings. The molecule has 1 aromatic carbocycles. The van der Waals surface area contributed by atoms with Crippen LogP contribution >= 0.6 is 0 Å². The second kappa shape index (κ2) is 7.36. The highest BCUT2D eigenvalue weighted by atomic mass is 32.2. The van der Waals surface area contributed by atoms with Crippen LogP contribution in [0.5, 0.6) is 5.75 Å². The van der Waals surface area contributed by atoms with Crippen LogP contribution in [-0.4, -0.2) is 55.9 Å². The van der Waals surface area contributed by atoms with Gasteiger partial charge in [-0.15, -0.1) is 0 Å². The quantitative estimate of drug-likeness (QED) is 0.570. The molecule has 2 heterocycles. The predicted molar refractivity (Wildman–Crippen MR) is 91.3 cm³/mol.